The summed E-state index contributed by atoms with van der Waals surface area (Å²) in [6.07, 6.45) is 0. The van der Waals surface area contributed by atoms with Crippen molar-refractivity contribution in [2.75, 3.05) is 40.8 Å². The number of piperazine rings is 1. The SMILES string of the molecule is CNC(c1cccc(C)c1C)C1CN(C)CCN1C. The molecule has 3 nitrogen and oxygen atoms in total. The van der Waals surface area contributed by atoms with Gasteiger partial charge in [-0.1, -0.05) is 18.2 Å². The molecule has 0 spiro atoms. The first-order valence-electron chi connectivity index (χ1n) is 7.16. The maximum absolute atomic E-state index is 3.54. The number of aryl methyl sites for hydroxylation is 1. The number of hydrogen-bond donors (Lipinski definition) is 1. The molecule has 106 valence electrons. The first-order chi connectivity index (χ1) is 9.04. The van der Waals surface area contributed by atoms with Gasteiger partial charge in [0.05, 0.1) is 0 Å². The van der Waals surface area contributed by atoms with Crippen LogP contribution in [-0.4, -0.2) is 56.6 Å². The molecule has 2 unspecified atom stereocenters. The molecule has 1 aromatic rings. The molecule has 0 amide bonds. The Morgan fingerprint density at radius 2 is 1.95 bits per heavy atom. The molecular weight excluding hydrogens is 234 g/mol. The van der Waals surface area contributed by atoms with Crippen LogP contribution < -0.4 is 5.32 Å². The van der Waals surface area contributed by atoms with E-state index < -0.39 is 0 Å². The van der Waals surface area contributed by atoms with E-state index in [9.17, 15) is 0 Å². The summed E-state index contributed by atoms with van der Waals surface area (Å²) < 4.78 is 0. The van der Waals surface area contributed by atoms with E-state index in [1.807, 2.05) is 0 Å². The zero-order chi connectivity index (χ0) is 14.0. The molecule has 19 heavy (non-hydrogen) atoms. The van der Waals surface area contributed by atoms with Crippen molar-refractivity contribution in [2.45, 2.75) is 25.9 Å². The third kappa shape index (κ3) is 2.99. The van der Waals surface area contributed by atoms with Crippen molar-refractivity contribution in [3.05, 3.63) is 34.9 Å². The van der Waals surface area contributed by atoms with Crippen LogP contribution in [0.2, 0.25) is 0 Å². The summed E-state index contributed by atoms with van der Waals surface area (Å²) in [5, 5.41) is 3.54. The van der Waals surface area contributed by atoms with E-state index >= 15 is 0 Å². The van der Waals surface area contributed by atoms with Gasteiger partial charge in [0.1, 0.15) is 0 Å². The molecule has 3 heteroatoms. The van der Waals surface area contributed by atoms with Crippen LogP contribution in [-0.2, 0) is 0 Å². The summed E-state index contributed by atoms with van der Waals surface area (Å²) in [6.45, 7) is 7.86. The second kappa shape index (κ2) is 6.04. The van der Waals surface area contributed by atoms with Crippen LogP contribution in [0.1, 0.15) is 22.7 Å². The molecule has 0 bridgehead atoms. The van der Waals surface area contributed by atoms with Crippen LogP contribution >= 0.6 is 0 Å². The Bertz CT molecular complexity index is 430. The van der Waals surface area contributed by atoms with E-state index in [1.54, 1.807) is 0 Å². The van der Waals surface area contributed by atoms with Crippen molar-refractivity contribution in [3.8, 4) is 0 Å². The van der Waals surface area contributed by atoms with Crippen LogP contribution in [0.25, 0.3) is 0 Å². The van der Waals surface area contributed by atoms with Crippen LogP contribution in [0.4, 0.5) is 0 Å². The fraction of sp³-hybridized carbons (Fsp3) is 0.625. The summed E-state index contributed by atoms with van der Waals surface area (Å²) >= 11 is 0. The molecule has 2 atom stereocenters. The second-order valence-electron chi connectivity index (χ2n) is 5.87. The maximum atomic E-state index is 3.54. The van der Waals surface area contributed by atoms with E-state index in [4.69, 9.17) is 0 Å². The fourth-order valence-electron chi connectivity index (χ4n) is 3.07. The summed E-state index contributed by atoms with van der Waals surface area (Å²) in [4.78, 5) is 4.92. The van der Waals surface area contributed by atoms with Gasteiger partial charge in [0.25, 0.3) is 0 Å². The minimum atomic E-state index is 0.396. The van der Waals surface area contributed by atoms with Crippen molar-refractivity contribution >= 4 is 0 Å². The predicted octanol–water partition coefficient (Wildman–Crippen LogP) is 1.81. The Labute approximate surface area is 117 Å². The molecule has 1 saturated heterocycles. The van der Waals surface area contributed by atoms with Crippen molar-refractivity contribution in [1.29, 1.82) is 0 Å². The highest BCUT2D eigenvalue weighted by molar-refractivity contribution is 5.36. The molecule has 1 aromatic carbocycles. The number of nitrogens with one attached hydrogen (secondary N) is 1. The van der Waals surface area contributed by atoms with E-state index in [0.29, 0.717) is 12.1 Å². The highest BCUT2D eigenvalue weighted by atomic mass is 15.3. The van der Waals surface area contributed by atoms with E-state index in [0.717, 1.165) is 19.6 Å². The lowest BCUT2D eigenvalue weighted by Gasteiger charge is -2.42. The fourth-order valence-corrected chi connectivity index (χ4v) is 3.07. The number of likely N-dealkylation sites (N-methyl/N-ethyl adjacent to an activating group) is 3. The molecule has 0 saturated carbocycles. The zero-order valence-electron chi connectivity index (χ0n) is 12.9. The summed E-state index contributed by atoms with van der Waals surface area (Å²) in [5.41, 5.74) is 4.24. The van der Waals surface area contributed by atoms with Gasteiger partial charge < -0.3 is 10.2 Å². The highest BCUT2D eigenvalue weighted by Crippen LogP contribution is 2.27. The number of benzene rings is 1. The van der Waals surface area contributed by atoms with Crippen molar-refractivity contribution in [3.63, 3.8) is 0 Å². The topological polar surface area (TPSA) is 18.5 Å². The summed E-state index contributed by atoms with van der Waals surface area (Å²) in [6, 6.07) is 7.57. The molecule has 1 N–H and O–H groups in total. The van der Waals surface area contributed by atoms with Gasteiger partial charge in [-0.25, -0.2) is 0 Å². The molecule has 1 fully saturated rings. The van der Waals surface area contributed by atoms with Gasteiger partial charge in [-0.2, -0.15) is 0 Å². The molecular formula is C16H27N3. The number of hydrogen-bond acceptors (Lipinski definition) is 3. The molecule has 0 aliphatic carbocycles. The molecule has 1 aliphatic heterocycles. The molecule has 1 heterocycles. The van der Waals surface area contributed by atoms with Crippen molar-refractivity contribution < 1.29 is 0 Å². The summed E-state index contributed by atoms with van der Waals surface area (Å²) in [7, 11) is 6.54. The van der Waals surface area contributed by atoms with Gasteiger partial charge in [0.15, 0.2) is 0 Å². The monoisotopic (exact) mass is 261 g/mol. The average molecular weight is 261 g/mol. The quantitative estimate of drug-likeness (QED) is 0.895. The van der Waals surface area contributed by atoms with Gasteiger partial charge in [-0.05, 0) is 51.7 Å². The van der Waals surface area contributed by atoms with Crippen LogP contribution in [0, 0.1) is 13.8 Å². The lowest BCUT2D eigenvalue weighted by Crippen LogP contribution is -2.54. The second-order valence-corrected chi connectivity index (χ2v) is 5.87. The Morgan fingerprint density at radius 3 is 2.63 bits per heavy atom. The Kier molecular flexibility index (Phi) is 4.61. The minimum absolute atomic E-state index is 0.396. The number of nitrogens with zero attached hydrogens (tertiary/aromatic N) is 2. The Hall–Kier alpha value is -0.900. The molecule has 1 aliphatic rings. The molecule has 2 rings (SSSR count). The third-order valence-corrected chi connectivity index (χ3v) is 4.58. The summed E-state index contributed by atoms with van der Waals surface area (Å²) in [5.74, 6) is 0. The lowest BCUT2D eigenvalue weighted by molar-refractivity contribution is 0.0895. The smallest absolute Gasteiger partial charge is 0.0490 e. The minimum Gasteiger partial charge on any atom is -0.312 e. The van der Waals surface area contributed by atoms with Gasteiger partial charge >= 0.3 is 0 Å². The molecule has 0 radical (unpaired) electrons. The van der Waals surface area contributed by atoms with Gasteiger partial charge in [0, 0.05) is 31.7 Å². The maximum Gasteiger partial charge on any atom is 0.0490 e. The average Bonchev–Trinajstić information content (AvgIpc) is 2.39. The Morgan fingerprint density at radius 1 is 1.21 bits per heavy atom. The first kappa shape index (κ1) is 14.5. The van der Waals surface area contributed by atoms with Gasteiger partial charge in [-0.3, -0.25) is 4.90 Å². The zero-order valence-corrected chi connectivity index (χ0v) is 12.9. The molecule has 0 aromatic heterocycles. The predicted molar refractivity (Wildman–Crippen MR) is 81.6 cm³/mol. The number of rotatable bonds is 3. The van der Waals surface area contributed by atoms with E-state index in [2.05, 4.69) is 68.3 Å². The van der Waals surface area contributed by atoms with Crippen LogP contribution in [0.3, 0.4) is 0 Å². The lowest BCUT2D eigenvalue weighted by atomic mass is 9.91. The van der Waals surface area contributed by atoms with E-state index in [1.165, 1.54) is 16.7 Å². The van der Waals surface area contributed by atoms with Crippen molar-refractivity contribution in [2.24, 2.45) is 0 Å². The first-order valence-corrected chi connectivity index (χ1v) is 7.16. The third-order valence-electron chi connectivity index (χ3n) is 4.58. The Balaban J connectivity index is 2.30. The normalized spacial score (nSPS) is 23.5. The van der Waals surface area contributed by atoms with Crippen molar-refractivity contribution in [1.82, 2.24) is 15.1 Å². The van der Waals surface area contributed by atoms with Crippen LogP contribution in [0.5, 0.6) is 0 Å². The van der Waals surface area contributed by atoms with Crippen LogP contribution in [0.15, 0.2) is 18.2 Å². The van der Waals surface area contributed by atoms with Gasteiger partial charge in [-0.15, -0.1) is 0 Å². The highest BCUT2D eigenvalue weighted by Gasteiger charge is 2.30. The largest absolute Gasteiger partial charge is 0.312 e. The van der Waals surface area contributed by atoms with E-state index in [-0.39, 0.29) is 0 Å². The van der Waals surface area contributed by atoms with Gasteiger partial charge in [0.2, 0.25) is 0 Å². The standard InChI is InChI=1S/C16H27N3/c1-12-7-6-8-14(13(12)2)16(17-3)15-11-18(4)9-10-19(15)5/h6-8,15-17H,9-11H2,1-5H3.